The molecule has 1 saturated heterocycles. The molecule has 0 aromatic carbocycles. The first-order valence-electron chi connectivity index (χ1n) is 10.9. The van der Waals surface area contributed by atoms with Gasteiger partial charge in [-0.2, -0.15) is 0 Å². The van der Waals surface area contributed by atoms with Crippen molar-refractivity contribution in [1.29, 1.82) is 0 Å². The molecule has 1 aliphatic carbocycles. The third-order valence-electron chi connectivity index (χ3n) is 6.41. The van der Waals surface area contributed by atoms with E-state index >= 15 is 0 Å². The van der Waals surface area contributed by atoms with Crippen LogP contribution >= 0.6 is 0 Å². The van der Waals surface area contributed by atoms with E-state index in [0.717, 1.165) is 19.3 Å². The van der Waals surface area contributed by atoms with E-state index in [1.807, 2.05) is 27.7 Å². The van der Waals surface area contributed by atoms with Crippen molar-refractivity contribution in [2.75, 3.05) is 6.61 Å². The highest BCUT2D eigenvalue weighted by Crippen LogP contribution is 2.54. The molecule has 0 spiro atoms. The maximum atomic E-state index is 12.1. The van der Waals surface area contributed by atoms with Gasteiger partial charge in [0.1, 0.15) is 0 Å². The fraction of sp³-hybridized carbons (Fsp3) is 0.955. The van der Waals surface area contributed by atoms with Gasteiger partial charge in [-0.05, 0) is 44.4 Å². The van der Waals surface area contributed by atoms with Crippen LogP contribution in [0.25, 0.3) is 0 Å². The molecule has 2 aliphatic rings. The number of fused-ring (bicyclic) bond motifs is 1. The van der Waals surface area contributed by atoms with E-state index in [0.29, 0.717) is 18.8 Å². The van der Waals surface area contributed by atoms with Crippen molar-refractivity contribution >= 4 is 5.91 Å². The van der Waals surface area contributed by atoms with E-state index in [-0.39, 0.29) is 23.0 Å². The summed E-state index contributed by atoms with van der Waals surface area (Å²) in [6, 6.07) is 0. The van der Waals surface area contributed by atoms with E-state index in [1.54, 1.807) is 0 Å². The molecule has 0 aromatic heterocycles. The van der Waals surface area contributed by atoms with Crippen LogP contribution in [0, 0.1) is 23.2 Å². The molecule has 7 heteroatoms. The van der Waals surface area contributed by atoms with Crippen molar-refractivity contribution < 1.29 is 30.0 Å². The predicted octanol–water partition coefficient (Wildman–Crippen LogP) is 1.56. The molecular formula is C22H41NO6. The molecule has 170 valence electrons. The molecule has 29 heavy (non-hydrogen) atoms. The van der Waals surface area contributed by atoms with Crippen molar-refractivity contribution in [3.8, 4) is 0 Å². The van der Waals surface area contributed by atoms with Crippen LogP contribution in [0.1, 0.15) is 73.6 Å². The number of ether oxygens (including phenoxy) is 1. The first-order valence-corrected chi connectivity index (χ1v) is 10.9. The summed E-state index contributed by atoms with van der Waals surface area (Å²) < 4.78 is 5.62. The van der Waals surface area contributed by atoms with Crippen molar-refractivity contribution in [3.05, 3.63) is 0 Å². The van der Waals surface area contributed by atoms with Crippen LogP contribution in [-0.2, 0) is 9.53 Å². The molecule has 0 bridgehead atoms. The monoisotopic (exact) mass is 415 g/mol. The average Bonchev–Trinajstić information content (AvgIpc) is 2.64. The van der Waals surface area contributed by atoms with Crippen molar-refractivity contribution in [2.24, 2.45) is 23.2 Å². The fourth-order valence-electron chi connectivity index (χ4n) is 5.47. The lowest BCUT2D eigenvalue weighted by Crippen LogP contribution is -2.62. The number of carbonyl (C=O) groups is 1. The Kier molecular flexibility index (Phi) is 7.44. The number of amides is 1. The number of nitrogens with one attached hydrogen (secondary N) is 1. The summed E-state index contributed by atoms with van der Waals surface area (Å²) in [6.07, 6.45) is 1.18. The Morgan fingerprint density at radius 1 is 1.17 bits per heavy atom. The van der Waals surface area contributed by atoms with Gasteiger partial charge in [0.25, 0.3) is 0 Å². The van der Waals surface area contributed by atoms with Gasteiger partial charge in [-0.3, -0.25) is 4.79 Å². The minimum absolute atomic E-state index is 0.00387. The highest BCUT2D eigenvalue weighted by Gasteiger charge is 2.69. The van der Waals surface area contributed by atoms with Crippen molar-refractivity contribution in [1.82, 2.24) is 5.32 Å². The Morgan fingerprint density at radius 3 is 2.34 bits per heavy atom. The number of aliphatic hydroxyl groups excluding tert-OH is 3. The first-order chi connectivity index (χ1) is 13.2. The maximum Gasteiger partial charge on any atom is 0.220 e. The normalized spacial score (nSPS) is 34.8. The van der Waals surface area contributed by atoms with Gasteiger partial charge in [-0.15, -0.1) is 0 Å². The average molecular weight is 416 g/mol. The summed E-state index contributed by atoms with van der Waals surface area (Å²) in [4.78, 5) is 12.1. The number of rotatable bonds is 10. The Hall–Kier alpha value is -0.730. The van der Waals surface area contributed by atoms with Crippen LogP contribution in [0.4, 0.5) is 0 Å². The lowest BCUT2D eigenvalue weighted by Gasteiger charge is -2.50. The summed E-state index contributed by atoms with van der Waals surface area (Å²) in [5, 5.41) is 43.4. The SMILES string of the molecule is CC(C)CC(=O)NC(C)(C)CC(C)(C)CCCC1OC2(O)C(CO)C(O)C(O)C12. The van der Waals surface area contributed by atoms with Gasteiger partial charge in [-0.1, -0.05) is 34.1 Å². The molecule has 6 atom stereocenters. The predicted molar refractivity (Wildman–Crippen MR) is 110 cm³/mol. The second kappa shape index (κ2) is 8.79. The fourth-order valence-corrected chi connectivity index (χ4v) is 5.47. The summed E-state index contributed by atoms with van der Waals surface area (Å²) in [5.41, 5.74) is -0.307. The molecule has 2 fully saturated rings. The minimum Gasteiger partial charge on any atom is -0.396 e. The minimum atomic E-state index is -1.63. The molecule has 2 rings (SSSR count). The van der Waals surface area contributed by atoms with E-state index in [4.69, 9.17) is 4.74 Å². The van der Waals surface area contributed by atoms with Gasteiger partial charge in [0, 0.05) is 12.0 Å². The number of hydrogen-bond acceptors (Lipinski definition) is 6. The zero-order valence-corrected chi connectivity index (χ0v) is 18.8. The zero-order chi connectivity index (χ0) is 22.2. The highest BCUT2D eigenvalue weighted by molar-refractivity contribution is 5.76. The highest BCUT2D eigenvalue weighted by atomic mass is 16.7. The molecule has 0 aromatic rings. The van der Waals surface area contributed by atoms with E-state index in [1.165, 1.54) is 0 Å². The quantitative estimate of drug-likeness (QED) is 0.369. The second-order valence-corrected chi connectivity index (χ2v) is 11.0. The summed E-state index contributed by atoms with van der Waals surface area (Å²) >= 11 is 0. The Bertz CT molecular complexity index is 578. The number of aliphatic hydroxyl groups is 4. The van der Waals surface area contributed by atoms with Crippen LogP contribution in [-0.4, -0.2) is 62.6 Å². The van der Waals surface area contributed by atoms with E-state index < -0.39 is 36.4 Å². The smallest absolute Gasteiger partial charge is 0.220 e. The van der Waals surface area contributed by atoms with Gasteiger partial charge >= 0.3 is 0 Å². The molecule has 1 amide bonds. The molecule has 1 aliphatic heterocycles. The first kappa shape index (κ1) is 24.5. The number of carbonyl (C=O) groups excluding carboxylic acids is 1. The van der Waals surface area contributed by atoms with Crippen LogP contribution in [0.3, 0.4) is 0 Å². The van der Waals surface area contributed by atoms with Gasteiger partial charge in [0.2, 0.25) is 5.91 Å². The standard InChI is InChI=1S/C22H41NO6/c1-13(2)10-16(25)23-21(5,6)12-20(3,4)9-7-8-15-17-19(27)18(26)14(11-24)22(17,28)29-15/h13-15,17-19,24,26-28H,7-12H2,1-6H3,(H,23,25). The zero-order valence-electron chi connectivity index (χ0n) is 18.8. The largest absolute Gasteiger partial charge is 0.396 e. The van der Waals surface area contributed by atoms with Crippen molar-refractivity contribution in [3.63, 3.8) is 0 Å². The lowest BCUT2D eigenvalue weighted by molar-refractivity contribution is -0.381. The maximum absolute atomic E-state index is 12.1. The lowest BCUT2D eigenvalue weighted by atomic mass is 9.75. The Morgan fingerprint density at radius 2 is 1.79 bits per heavy atom. The Balaban J connectivity index is 1.82. The van der Waals surface area contributed by atoms with Gasteiger partial charge in [-0.25, -0.2) is 0 Å². The second-order valence-electron chi connectivity index (χ2n) is 11.0. The molecule has 7 nitrogen and oxygen atoms in total. The van der Waals surface area contributed by atoms with Crippen LogP contribution < -0.4 is 5.32 Å². The summed E-state index contributed by atoms with van der Waals surface area (Å²) in [7, 11) is 0. The van der Waals surface area contributed by atoms with Gasteiger partial charge < -0.3 is 30.5 Å². The third-order valence-corrected chi connectivity index (χ3v) is 6.41. The van der Waals surface area contributed by atoms with Gasteiger partial charge in [0.15, 0.2) is 5.79 Å². The third kappa shape index (κ3) is 5.50. The van der Waals surface area contributed by atoms with Crippen molar-refractivity contribution in [2.45, 2.75) is 103 Å². The van der Waals surface area contributed by atoms with Crippen LogP contribution in [0.5, 0.6) is 0 Å². The van der Waals surface area contributed by atoms with E-state index in [9.17, 15) is 25.2 Å². The van der Waals surface area contributed by atoms with Crippen LogP contribution in [0.15, 0.2) is 0 Å². The molecule has 1 saturated carbocycles. The number of hydrogen-bond donors (Lipinski definition) is 5. The molecule has 0 radical (unpaired) electrons. The molecular weight excluding hydrogens is 374 g/mol. The van der Waals surface area contributed by atoms with E-state index in [2.05, 4.69) is 19.2 Å². The molecule has 6 unspecified atom stereocenters. The topological polar surface area (TPSA) is 119 Å². The molecule has 5 N–H and O–H groups in total. The Labute approximate surface area is 174 Å². The molecule has 1 heterocycles. The van der Waals surface area contributed by atoms with Crippen LogP contribution in [0.2, 0.25) is 0 Å². The van der Waals surface area contributed by atoms with Gasteiger partial charge in [0.05, 0.1) is 36.8 Å². The summed E-state index contributed by atoms with van der Waals surface area (Å²) in [6.45, 7) is 12.1. The summed E-state index contributed by atoms with van der Waals surface area (Å²) in [5.74, 6) is -2.66.